The van der Waals surface area contributed by atoms with Crippen molar-refractivity contribution in [2.45, 2.75) is 25.4 Å². The summed E-state index contributed by atoms with van der Waals surface area (Å²) in [7, 11) is 1.96. The zero-order valence-corrected chi connectivity index (χ0v) is 13.2. The molecule has 4 rings (SSSR count). The van der Waals surface area contributed by atoms with Gasteiger partial charge in [-0.25, -0.2) is 4.98 Å². The van der Waals surface area contributed by atoms with E-state index in [4.69, 9.17) is 4.42 Å². The van der Waals surface area contributed by atoms with E-state index in [0.717, 1.165) is 24.3 Å². The molecule has 1 aromatic carbocycles. The molecular formula is C18H20N4O. The van der Waals surface area contributed by atoms with E-state index in [1.54, 1.807) is 6.26 Å². The fourth-order valence-corrected chi connectivity index (χ4v) is 3.31. The van der Waals surface area contributed by atoms with Gasteiger partial charge >= 0.3 is 0 Å². The largest absolute Gasteiger partial charge is 0.444 e. The van der Waals surface area contributed by atoms with Gasteiger partial charge in [-0.1, -0.05) is 18.2 Å². The van der Waals surface area contributed by atoms with Crippen LogP contribution in [0.2, 0.25) is 0 Å². The number of oxazole rings is 1. The molecule has 5 heteroatoms. The van der Waals surface area contributed by atoms with Gasteiger partial charge in [0, 0.05) is 37.0 Å². The second-order valence-corrected chi connectivity index (χ2v) is 6.09. The van der Waals surface area contributed by atoms with Crippen LogP contribution in [-0.4, -0.2) is 26.2 Å². The second kappa shape index (κ2) is 6.01. The first-order valence-corrected chi connectivity index (χ1v) is 8.02. The number of nitrogens with zero attached hydrogens (tertiary/aromatic N) is 4. The van der Waals surface area contributed by atoms with E-state index in [-0.39, 0.29) is 0 Å². The van der Waals surface area contributed by atoms with Crippen LogP contribution in [0.5, 0.6) is 0 Å². The van der Waals surface area contributed by atoms with Crippen molar-refractivity contribution in [2.75, 3.05) is 6.54 Å². The van der Waals surface area contributed by atoms with Crippen LogP contribution in [0, 0.1) is 0 Å². The molecule has 0 saturated carbocycles. The Bertz CT molecular complexity index is 777. The summed E-state index contributed by atoms with van der Waals surface area (Å²) in [6.07, 6.45) is 8.25. The summed E-state index contributed by atoms with van der Waals surface area (Å²) in [5, 5.41) is 4.30. The molecule has 0 aliphatic carbocycles. The van der Waals surface area contributed by atoms with E-state index in [9.17, 15) is 0 Å². The molecule has 1 saturated heterocycles. The molecule has 1 aliphatic heterocycles. The van der Waals surface area contributed by atoms with Gasteiger partial charge in [0.1, 0.15) is 6.26 Å². The van der Waals surface area contributed by atoms with Gasteiger partial charge in [-0.05, 0) is 31.5 Å². The molecule has 0 radical (unpaired) electrons. The topological polar surface area (TPSA) is 47.1 Å². The highest BCUT2D eigenvalue weighted by atomic mass is 16.3. The Hall–Kier alpha value is -2.40. The average molecular weight is 308 g/mol. The maximum Gasteiger partial charge on any atom is 0.226 e. The molecule has 1 aliphatic rings. The normalized spacial score (nSPS) is 18.6. The van der Waals surface area contributed by atoms with Gasteiger partial charge in [0.15, 0.2) is 0 Å². The Balaban J connectivity index is 1.50. The van der Waals surface area contributed by atoms with Gasteiger partial charge < -0.3 is 4.42 Å². The molecule has 118 valence electrons. The molecule has 0 spiro atoms. The lowest BCUT2D eigenvalue weighted by molar-refractivity contribution is 0.245. The molecule has 3 heterocycles. The number of aryl methyl sites for hydroxylation is 1. The van der Waals surface area contributed by atoms with Crippen molar-refractivity contribution in [3.8, 4) is 11.5 Å². The van der Waals surface area contributed by atoms with Crippen molar-refractivity contribution in [3.63, 3.8) is 0 Å². The summed E-state index contributed by atoms with van der Waals surface area (Å²) in [6, 6.07) is 10.5. The maximum absolute atomic E-state index is 5.65. The minimum absolute atomic E-state index is 0.431. The minimum Gasteiger partial charge on any atom is -0.444 e. The number of rotatable bonds is 4. The van der Waals surface area contributed by atoms with Crippen LogP contribution in [-0.2, 0) is 13.6 Å². The van der Waals surface area contributed by atoms with Gasteiger partial charge in [0.25, 0.3) is 0 Å². The van der Waals surface area contributed by atoms with Crippen molar-refractivity contribution >= 4 is 0 Å². The number of likely N-dealkylation sites (tertiary alicyclic amines) is 1. The summed E-state index contributed by atoms with van der Waals surface area (Å²) < 4.78 is 7.52. The third kappa shape index (κ3) is 2.92. The predicted molar refractivity (Wildman–Crippen MR) is 87.5 cm³/mol. The Morgan fingerprint density at radius 1 is 1.26 bits per heavy atom. The van der Waals surface area contributed by atoms with E-state index in [2.05, 4.69) is 21.2 Å². The predicted octanol–water partition coefficient (Wildman–Crippen LogP) is 3.41. The molecule has 0 N–H and O–H groups in total. The maximum atomic E-state index is 5.65. The SMILES string of the molecule is Cn1cc(C2CCCN2Cc2coc(-c3ccccc3)n2)cn1. The lowest BCUT2D eigenvalue weighted by Crippen LogP contribution is -2.22. The molecule has 1 fully saturated rings. The molecule has 0 bridgehead atoms. The Labute approximate surface area is 135 Å². The zero-order valence-electron chi connectivity index (χ0n) is 13.2. The lowest BCUT2D eigenvalue weighted by atomic mass is 10.1. The Morgan fingerprint density at radius 2 is 2.13 bits per heavy atom. The minimum atomic E-state index is 0.431. The van der Waals surface area contributed by atoms with E-state index in [1.807, 2.05) is 48.3 Å². The number of aromatic nitrogens is 3. The first-order chi connectivity index (χ1) is 11.3. The van der Waals surface area contributed by atoms with Gasteiger partial charge in [0.2, 0.25) is 5.89 Å². The number of benzene rings is 1. The van der Waals surface area contributed by atoms with E-state index in [0.29, 0.717) is 11.9 Å². The fraction of sp³-hybridized carbons (Fsp3) is 0.333. The molecule has 3 aromatic rings. The van der Waals surface area contributed by atoms with Crippen LogP contribution >= 0.6 is 0 Å². The highest BCUT2D eigenvalue weighted by molar-refractivity contribution is 5.52. The standard InChI is InChI=1S/C18H20N4O/c1-21-11-15(10-19-21)17-8-5-9-22(17)12-16-13-23-18(20-16)14-6-3-2-4-7-14/h2-4,6-7,10-11,13,17H,5,8-9,12H2,1H3. The average Bonchev–Trinajstić information content (AvgIpc) is 3.29. The molecule has 2 aromatic heterocycles. The molecule has 1 unspecified atom stereocenters. The van der Waals surface area contributed by atoms with Crippen LogP contribution in [0.4, 0.5) is 0 Å². The summed E-state index contributed by atoms with van der Waals surface area (Å²) in [5.41, 5.74) is 3.29. The third-order valence-electron chi connectivity index (χ3n) is 4.41. The molecule has 1 atom stereocenters. The second-order valence-electron chi connectivity index (χ2n) is 6.09. The third-order valence-corrected chi connectivity index (χ3v) is 4.41. The van der Waals surface area contributed by atoms with Crippen molar-refractivity contribution in [3.05, 3.63) is 60.2 Å². The first-order valence-electron chi connectivity index (χ1n) is 8.02. The molecule has 23 heavy (non-hydrogen) atoms. The smallest absolute Gasteiger partial charge is 0.226 e. The monoisotopic (exact) mass is 308 g/mol. The van der Waals surface area contributed by atoms with E-state index < -0.39 is 0 Å². The molecule has 0 amide bonds. The molecular weight excluding hydrogens is 288 g/mol. The quantitative estimate of drug-likeness (QED) is 0.741. The highest BCUT2D eigenvalue weighted by Crippen LogP contribution is 2.33. The van der Waals surface area contributed by atoms with Crippen LogP contribution in [0.3, 0.4) is 0 Å². The first kappa shape index (κ1) is 14.2. The van der Waals surface area contributed by atoms with Gasteiger partial charge in [-0.2, -0.15) is 5.10 Å². The zero-order chi connectivity index (χ0) is 15.6. The van der Waals surface area contributed by atoms with E-state index in [1.165, 1.54) is 18.4 Å². The number of hydrogen-bond acceptors (Lipinski definition) is 4. The summed E-state index contributed by atoms with van der Waals surface area (Å²) in [5.74, 6) is 0.692. The van der Waals surface area contributed by atoms with E-state index >= 15 is 0 Å². The summed E-state index contributed by atoms with van der Waals surface area (Å²) >= 11 is 0. The van der Waals surface area contributed by atoms with Gasteiger partial charge in [-0.15, -0.1) is 0 Å². The van der Waals surface area contributed by atoms with Crippen LogP contribution in [0.1, 0.15) is 30.1 Å². The fourth-order valence-electron chi connectivity index (χ4n) is 3.31. The highest BCUT2D eigenvalue weighted by Gasteiger charge is 2.27. The van der Waals surface area contributed by atoms with Gasteiger partial charge in [0.05, 0.1) is 11.9 Å². The van der Waals surface area contributed by atoms with Crippen molar-refractivity contribution in [1.82, 2.24) is 19.7 Å². The molecule has 5 nitrogen and oxygen atoms in total. The van der Waals surface area contributed by atoms with Crippen LogP contribution < -0.4 is 0 Å². The van der Waals surface area contributed by atoms with Crippen LogP contribution in [0.25, 0.3) is 11.5 Å². The van der Waals surface area contributed by atoms with Gasteiger partial charge in [-0.3, -0.25) is 9.58 Å². The Kier molecular flexibility index (Phi) is 3.71. The Morgan fingerprint density at radius 3 is 2.91 bits per heavy atom. The van der Waals surface area contributed by atoms with Crippen molar-refractivity contribution in [1.29, 1.82) is 0 Å². The lowest BCUT2D eigenvalue weighted by Gasteiger charge is -2.22. The van der Waals surface area contributed by atoms with Crippen molar-refractivity contribution in [2.24, 2.45) is 7.05 Å². The van der Waals surface area contributed by atoms with Crippen LogP contribution in [0.15, 0.2) is 53.4 Å². The summed E-state index contributed by atoms with van der Waals surface area (Å²) in [6.45, 7) is 1.91. The number of hydrogen-bond donors (Lipinski definition) is 0. The summed E-state index contributed by atoms with van der Waals surface area (Å²) in [4.78, 5) is 7.11. The van der Waals surface area contributed by atoms with Crippen molar-refractivity contribution < 1.29 is 4.42 Å².